The molecule has 2 rings (SSSR count). The summed E-state index contributed by atoms with van der Waals surface area (Å²) in [5.41, 5.74) is -0.543. The number of furan rings is 1. The van der Waals surface area contributed by atoms with Gasteiger partial charge in [-0.3, -0.25) is 19.2 Å². The summed E-state index contributed by atoms with van der Waals surface area (Å²) in [5, 5.41) is 0. The molecule has 16 heavy (non-hydrogen) atoms. The van der Waals surface area contributed by atoms with E-state index in [4.69, 9.17) is 5.79 Å². The molecule has 0 saturated carbocycles. The maximum atomic E-state index is 11.7. The molecule has 0 aromatic carbocycles. The summed E-state index contributed by atoms with van der Waals surface area (Å²) in [6, 6.07) is 2.76. The van der Waals surface area contributed by atoms with Crippen LogP contribution in [-0.2, 0) is 14.4 Å². The van der Waals surface area contributed by atoms with Crippen LogP contribution in [0.4, 0.5) is 0 Å². The molecule has 1 aliphatic rings. The Morgan fingerprint density at radius 3 is 2.75 bits per heavy atom. The van der Waals surface area contributed by atoms with E-state index in [0.717, 1.165) is 6.08 Å². The molecule has 1 aromatic rings. The van der Waals surface area contributed by atoms with Gasteiger partial charge >= 0.3 is 0 Å². The zero-order valence-corrected chi connectivity index (χ0v) is 7.93. The van der Waals surface area contributed by atoms with Crippen LogP contribution in [0.5, 0.6) is 0 Å². The zero-order chi connectivity index (χ0) is 12.6. The molecule has 80 valence electrons. The van der Waals surface area contributed by atoms with Crippen molar-refractivity contribution in [3.05, 3.63) is 35.8 Å². The van der Waals surface area contributed by atoms with Gasteiger partial charge in [-0.2, -0.15) is 0 Å². The van der Waals surface area contributed by atoms with Crippen LogP contribution in [0.25, 0.3) is 0 Å². The van der Waals surface area contributed by atoms with Crippen molar-refractivity contribution in [3.8, 4) is 0 Å². The highest BCUT2D eigenvalue weighted by molar-refractivity contribution is 6.55. The highest BCUT2D eigenvalue weighted by Gasteiger charge is 2.32. The Morgan fingerprint density at radius 2 is 2.12 bits per heavy atom. The second-order valence-electron chi connectivity index (χ2n) is 3.10. The van der Waals surface area contributed by atoms with E-state index in [9.17, 15) is 19.2 Å². The van der Waals surface area contributed by atoms with Crippen LogP contribution >= 0.6 is 0 Å². The Hall–Kier alpha value is -2.30. The molecule has 0 radical (unpaired) electrons. The molecule has 0 bridgehead atoms. The van der Waals surface area contributed by atoms with Gasteiger partial charge in [0.15, 0.2) is 11.5 Å². The molecule has 1 heterocycles. The molecular formula is C11H6O5. The molecule has 5 nitrogen and oxygen atoms in total. The summed E-state index contributed by atoms with van der Waals surface area (Å²) >= 11 is 0. The Bertz CT molecular complexity index is 552. The van der Waals surface area contributed by atoms with Gasteiger partial charge in [-0.1, -0.05) is 0 Å². The number of ketones is 4. The van der Waals surface area contributed by atoms with Gasteiger partial charge in [-0.15, -0.1) is 0 Å². The van der Waals surface area contributed by atoms with E-state index in [0.29, 0.717) is 0 Å². The lowest BCUT2D eigenvalue weighted by Crippen LogP contribution is -2.28. The minimum atomic E-state index is -1.75. The molecule has 0 N–H and O–H groups in total. The number of Topliss-reactive ketones (excluding diaryl/α,β-unsaturated/α-hetero) is 3. The smallest absolute Gasteiger partial charge is 0.233 e. The van der Waals surface area contributed by atoms with Gasteiger partial charge in [0, 0.05) is 1.37 Å². The Morgan fingerprint density at radius 1 is 1.38 bits per heavy atom. The van der Waals surface area contributed by atoms with E-state index in [2.05, 4.69) is 0 Å². The van der Waals surface area contributed by atoms with Crippen molar-refractivity contribution in [2.45, 2.75) is 6.40 Å². The topological polar surface area (TPSA) is 81.4 Å². The van der Waals surface area contributed by atoms with Gasteiger partial charge in [0.1, 0.15) is 0 Å². The molecular weight excluding hydrogens is 212 g/mol. The fraction of sp³-hybridized carbons (Fsp3) is 0.0909. The van der Waals surface area contributed by atoms with E-state index >= 15 is 0 Å². The molecule has 0 aliphatic heterocycles. The average Bonchev–Trinajstić information content (AvgIpc) is 2.84. The minimum Gasteiger partial charge on any atom is -0.461 e. The normalized spacial score (nSPS) is 21.8. The molecule has 0 saturated heterocycles. The molecule has 0 spiro atoms. The number of rotatable bonds is 2. The monoisotopic (exact) mass is 219 g/mol. The van der Waals surface area contributed by atoms with Crippen LogP contribution in [-0.4, -0.2) is 23.1 Å². The Kier molecular flexibility index (Phi) is 2.07. The third-order valence-electron chi connectivity index (χ3n) is 2.02. The van der Waals surface area contributed by atoms with Crippen molar-refractivity contribution >= 4 is 23.1 Å². The fourth-order valence-electron chi connectivity index (χ4n) is 1.29. The second kappa shape index (κ2) is 3.69. The Balaban J connectivity index is 2.43. The fourth-order valence-corrected chi connectivity index (χ4v) is 1.29. The van der Waals surface area contributed by atoms with E-state index in [1.165, 1.54) is 18.4 Å². The summed E-state index contributed by atoms with van der Waals surface area (Å²) in [4.78, 5) is 45.6. The van der Waals surface area contributed by atoms with Gasteiger partial charge in [0.25, 0.3) is 0 Å². The average molecular weight is 219 g/mol. The van der Waals surface area contributed by atoms with Crippen LogP contribution in [0, 0.1) is 0 Å². The molecule has 1 aliphatic carbocycles. The highest BCUT2D eigenvalue weighted by Crippen LogP contribution is 2.15. The third kappa shape index (κ3) is 1.63. The van der Waals surface area contributed by atoms with E-state index in [1.54, 1.807) is 0 Å². The van der Waals surface area contributed by atoms with Gasteiger partial charge < -0.3 is 4.42 Å². The van der Waals surface area contributed by atoms with Crippen LogP contribution in [0.15, 0.2) is 34.5 Å². The SMILES string of the molecule is [2H]C1C(=O)C=C(C(=O)c2ccco2)C(=O)C1=O. The first kappa shape index (κ1) is 8.96. The van der Waals surface area contributed by atoms with E-state index in [1.807, 2.05) is 0 Å². The second-order valence-corrected chi connectivity index (χ2v) is 3.10. The zero-order valence-electron chi connectivity index (χ0n) is 8.93. The van der Waals surface area contributed by atoms with Crippen molar-refractivity contribution in [3.63, 3.8) is 0 Å². The van der Waals surface area contributed by atoms with Gasteiger partial charge in [-0.25, -0.2) is 0 Å². The number of hydrogen-bond donors (Lipinski definition) is 0. The number of hydrogen-bond acceptors (Lipinski definition) is 5. The first-order valence-electron chi connectivity index (χ1n) is 4.94. The maximum absolute atomic E-state index is 11.7. The van der Waals surface area contributed by atoms with Crippen LogP contribution in [0.3, 0.4) is 0 Å². The number of allylic oxidation sites excluding steroid dienone is 2. The van der Waals surface area contributed by atoms with Crippen LogP contribution < -0.4 is 0 Å². The van der Waals surface area contributed by atoms with Gasteiger partial charge in [0.2, 0.25) is 17.3 Å². The molecule has 1 aromatic heterocycles. The molecule has 1 unspecified atom stereocenters. The quantitative estimate of drug-likeness (QED) is 0.313. The van der Waals surface area contributed by atoms with Crippen molar-refractivity contribution in [1.29, 1.82) is 0 Å². The first-order chi connectivity index (χ1) is 8.02. The van der Waals surface area contributed by atoms with Crippen molar-refractivity contribution in [2.75, 3.05) is 0 Å². The molecule has 1 atom stereocenters. The summed E-state index contributed by atoms with van der Waals surface area (Å²) in [6.45, 7) is 0. The number of carbonyl (C=O) groups is 4. The largest absolute Gasteiger partial charge is 0.461 e. The first-order valence-corrected chi connectivity index (χ1v) is 4.37. The van der Waals surface area contributed by atoms with Crippen molar-refractivity contribution < 1.29 is 25.0 Å². The summed E-state index contributed by atoms with van der Waals surface area (Å²) in [6.07, 6.45) is 0.209. The highest BCUT2D eigenvalue weighted by atomic mass is 16.3. The molecule has 5 heteroatoms. The molecule has 0 fully saturated rings. The van der Waals surface area contributed by atoms with Gasteiger partial charge in [-0.05, 0) is 18.2 Å². The molecule has 0 amide bonds. The third-order valence-corrected chi connectivity index (χ3v) is 2.02. The van der Waals surface area contributed by atoms with Crippen LogP contribution in [0.2, 0.25) is 0 Å². The predicted octanol–water partition coefficient (Wildman–Crippen LogP) is 0.500. The van der Waals surface area contributed by atoms with Crippen molar-refractivity contribution in [2.24, 2.45) is 0 Å². The van der Waals surface area contributed by atoms with Crippen molar-refractivity contribution in [1.82, 2.24) is 0 Å². The Labute approximate surface area is 91.1 Å². The predicted molar refractivity (Wildman–Crippen MR) is 50.8 cm³/mol. The summed E-state index contributed by atoms with van der Waals surface area (Å²) < 4.78 is 11.9. The standard InChI is InChI=1S/C11H6O5/c12-6-4-7(10(14)8(13)5-6)11(15)9-2-1-3-16-9/h1-4H,5H2/i5D. The summed E-state index contributed by atoms with van der Waals surface area (Å²) in [5.74, 6) is -4.13. The summed E-state index contributed by atoms with van der Waals surface area (Å²) in [7, 11) is 0. The van der Waals surface area contributed by atoms with E-state index in [-0.39, 0.29) is 5.76 Å². The minimum absolute atomic E-state index is 0.131. The number of carbonyl (C=O) groups excluding carboxylic acids is 4. The van der Waals surface area contributed by atoms with Crippen LogP contribution in [0.1, 0.15) is 18.3 Å². The maximum Gasteiger partial charge on any atom is 0.233 e. The van der Waals surface area contributed by atoms with E-state index < -0.39 is 35.1 Å². The van der Waals surface area contributed by atoms with Gasteiger partial charge in [0.05, 0.1) is 18.2 Å². The lowest BCUT2D eigenvalue weighted by Gasteiger charge is -2.07. The lowest BCUT2D eigenvalue weighted by molar-refractivity contribution is -0.137. The lowest BCUT2D eigenvalue weighted by atomic mass is 9.92.